The number of aliphatic hydroxyl groups is 1. The van der Waals surface area contributed by atoms with Crippen molar-refractivity contribution in [2.75, 3.05) is 13.2 Å². The monoisotopic (exact) mass is 255 g/mol. The molecule has 0 aromatic carbocycles. The summed E-state index contributed by atoms with van der Waals surface area (Å²) in [6, 6.07) is 0.630. The van der Waals surface area contributed by atoms with Crippen molar-refractivity contribution in [2.24, 2.45) is 11.8 Å². The van der Waals surface area contributed by atoms with Gasteiger partial charge in [-0.3, -0.25) is 0 Å². The van der Waals surface area contributed by atoms with E-state index in [1.165, 1.54) is 38.5 Å². The first-order valence-corrected chi connectivity index (χ1v) is 7.66. The molecule has 0 spiro atoms. The maximum Gasteiger partial charge on any atom is 0.0897 e. The van der Waals surface area contributed by atoms with E-state index in [0.29, 0.717) is 25.3 Å². The molecular formula is C15H29NO2. The first-order valence-electron chi connectivity index (χ1n) is 7.66. The van der Waals surface area contributed by atoms with Crippen molar-refractivity contribution >= 4 is 0 Å². The summed E-state index contributed by atoms with van der Waals surface area (Å²) in [5.41, 5.74) is 0. The van der Waals surface area contributed by atoms with Gasteiger partial charge < -0.3 is 15.2 Å². The smallest absolute Gasteiger partial charge is 0.0897 e. The minimum atomic E-state index is -0.347. The molecule has 2 saturated carbocycles. The van der Waals surface area contributed by atoms with E-state index in [9.17, 15) is 5.11 Å². The highest BCUT2D eigenvalue weighted by atomic mass is 16.5. The number of nitrogens with one attached hydrogen (secondary N) is 1. The Labute approximate surface area is 111 Å². The Kier molecular flexibility index (Phi) is 5.46. The van der Waals surface area contributed by atoms with Gasteiger partial charge in [0.1, 0.15) is 0 Å². The molecule has 18 heavy (non-hydrogen) atoms. The van der Waals surface area contributed by atoms with Crippen molar-refractivity contribution in [3.8, 4) is 0 Å². The van der Waals surface area contributed by atoms with Crippen molar-refractivity contribution in [1.82, 2.24) is 5.32 Å². The Morgan fingerprint density at radius 2 is 1.78 bits per heavy atom. The highest BCUT2D eigenvalue weighted by Crippen LogP contribution is 2.26. The fourth-order valence-electron chi connectivity index (χ4n) is 3.07. The van der Waals surface area contributed by atoms with Gasteiger partial charge in [0, 0.05) is 12.6 Å². The van der Waals surface area contributed by atoms with Crippen LogP contribution in [0.2, 0.25) is 0 Å². The molecule has 1 unspecified atom stereocenters. The molecule has 0 saturated heterocycles. The molecule has 1 atom stereocenters. The third kappa shape index (κ3) is 4.52. The molecule has 0 aliphatic heterocycles. The molecule has 106 valence electrons. The number of rotatable bonds is 6. The average Bonchev–Trinajstić information content (AvgIpc) is 2.32. The Bertz CT molecular complexity index is 233. The van der Waals surface area contributed by atoms with Crippen LogP contribution in [0.3, 0.4) is 0 Å². The molecule has 2 aliphatic rings. The summed E-state index contributed by atoms with van der Waals surface area (Å²) in [5.74, 6) is 1.72. The van der Waals surface area contributed by atoms with Crippen LogP contribution in [-0.4, -0.2) is 36.5 Å². The Morgan fingerprint density at radius 1 is 1.11 bits per heavy atom. The van der Waals surface area contributed by atoms with Crippen LogP contribution in [0.4, 0.5) is 0 Å². The first kappa shape index (κ1) is 14.3. The molecule has 0 aromatic rings. The fraction of sp³-hybridized carbons (Fsp3) is 1.00. The quantitative estimate of drug-likeness (QED) is 0.765. The first-order chi connectivity index (χ1) is 8.63. The van der Waals surface area contributed by atoms with Crippen LogP contribution in [0.1, 0.15) is 52.4 Å². The summed E-state index contributed by atoms with van der Waals surface area (Å²) < 4.78 is 5.81. The van der Waals surface area contributed by atoms with E-state index in [0.717, 1.165) is 11.8 Å². The molecular weight excluding hydrogens is 226 g/mol. The number of hydrogen-bond acceptors (Lipinski definition) is 3. The van der Waals surface area contributed by atoms with Crippen molar-refractivity contribution in [3.05, 3.63) is 0 Å². The predicted molar refractivity (Wildman–Crippen MR) is 73.6 cm³/mol. The lowest BCUT2D eigenvalue weighted by atomic mass is 9.82. The minimum absolute atomic E-state index is 0.347. The Balaban J connectivity index is 1.50. The van der Waals surface area contributed by atoms with Gasteiger partial charge in [0.05, 0.1) is 18.8 Å². The van der Waals surface area contributed by atoms with Gasteiger partial charge in [0.2, 0.25) is 0 Å². The second-order valence-electron chi connectivity index (χ2n) is 6.55. The van der Waals surface area contributed by atoms with Crippen molar-refractivity contribution in [1.29, 1.82) is 0 Å². The van der Waals surface area contributed by atoms with Crippen LogP contribution in [0.15, 0.2) is 0 Å². The zero-order chi connectivity index (χ0) is 13.0. The molecule has 0 amide bonds. The minimum Gasteiger partial charge on any atom is -0.389 e. The summed E-state index contributed by atoms with van der Waals surface area (Å²) in [7, 11) is 0. The Morgan fingerprint density at radius 3 is 2.39 bits per heavy atom. The predicted octanol–water partition coefficient (Wildman–Crippen LogP) is 2.33. The highest BCUT2D eigenvalue weighted by Gasteiger charge is 2.25. The van der Waals surface area contributed by atoms with Crippen molar-refractivity contribution in [2.45, 2.75) is 70.6 Å². The fourth-order valence-corrected chi connectivity index (χ4v) is 3.07. The van der Waals surface area contributed by atoms with E-state index >= 15 is 0 Å². The lowest BCUT2D eigenvalue weighted by molar-refractivity contribution is -0.0293. The van der Waals surface area contributed by atoms with Crippen LogP contribution >= 0.6 is 0 Å². The SMILES string of the molecule is CC1CCC(OCC(O)CNC2CC(C)C2)CC1. The summed E-state index contributed by atoms with van der Waals surface area (Å²) in [6.07, 6.45) is 7.45. The molecule has 2 aliphatic carbocycles. The summed E-state index contributed by atoms with van der Waals surface area (Å²) in [5, 5.41) is 13.3. The van der Waals surface area contributed by atoms with E-state index in [2.05, 4.69) is 19.2 Å². The van der Waals surface area contributed by atoms with Crippen LogP contribution < -0.4 is 5.32 Å². The molecule has 2 N–H and O–H groups in total. The third-order valence-electron chi connectivity index (χ3n) is 4.50. The topological polar surface area (TPSA) is 41.5 Å². The highest BCUT2D eigenvalue weighted by molar-refractivity contribution is 4.83. The maximum absolute atomic E-state index is 9.88. The Hall–Kier alpha value is -0.120. The number of hydrogen-bond donors (Lipinski definition) is 2. The van der Waals surface area contributed by atoms with Gasteiger partial charge in [0.25, 0.3) is 0 Å². The lowest BCUT2D eigenvalue weighted by Crippen LogP contribution is -2.44. The number of ether oxygens (including phenoxy) is 1. The van der Waals surface area contributed by atoms with E-state index in [-0.39, 0.29) is 6.10 Å². The number of aliphatic hydroxyl groups excluding tert-OH is 1. The maximum atomic E-state index is 9.88. The van der Waals surface area contributed by atoms with Crippen LogP contribution in [-0.2, 0) is 4.74 Å². The lowest BCUT2D eigenvalue weighted by Gasteiger charge is -2.34. The van der Waals surface area contributed by atoms with Gasteiger partial charge in [-0.15, -0.1) is 0 Å². The molecule has 2 fully saturated rings. The molecule has 0 bridgehead atoms. The van der Waals surface area contributed by atoms with Gasteiger partial charge in [-0.05, 0) is 50.4 Å². The standard InChI is InChI=1S/C15H29NO2/c1-11-3-5-15(6-4-11)18-10-14(17)9-16-13-7-12(2)8-13/h11-17H,3-10H2,1-2H3. The summed E-state index contributed by atoms with van der Waals surface area (Å²) in [6.45, 7) is 5.77. The van der Waals surface area contributed by atoms with Crippen molar-refractivity contribution < 1.29 is 9.84 Å². The van der Waals surface area contributed by atoms with Gasteiger partial charge in [0.15, 0.2) is 0 Å². The molecule has 3 nitrogen and oxygen atoms in total. The summed E-state index contributed by atoms with van der Waals surface area (Å²) >= 11 is 0. The van der Waals surface area contributed by atoms with E-state index < -0.39 is 0 Å². The van der Waals surface area contributed by atoms with E-state index in [4.69, 9.17) is 4.74 Å². The summed E-state index contributed by atoms with van der Waals surface area (Å²) in [4.78, 5) is 0. The van der Waals surface area contributed by atoms with Gasteiger partial charge >= 0.3 is 0 Å². The zero-order valence-electron chi connectivity index (χ0n) is 11.9. The molecule has 0 radical (unpaired) electrons. The van der Waals surface area contributed by atoms with Gasteiger partial charge in [-0.2, -0.15) is 0 Å². The second-order valence-corrected chi connectivity index (χ2v) is 6.55. The van der Waals surface area contributed by atoms with Crippen LogP contribution in [0, 0.1) is 11.8 Å². The van der Waals surface area contributed by atoms with E-state index in [1.54, 1.807) is 0 Å². The molecule has 0 heterocycles. The normalized spacial score (nSPS) is 38.2. The second kappa shape index (κ2) is 6.88. The van der Waals surface area contributed by atoms with Gasteiger partial charge in [-0.25, -0.2) is 0 Å². The molecule has 0 aromatic heterocycles. The van der Waals surface area contributed by atoms with E-state index in [1.807, 2.05) is 0 Å². The average molecular weight is 255 g/mol. The van der Waals surface area contributed by atoms with Crippen LogP contribution in [0.25, 0.3) is 0 Å². The third-order valence-corrected chi connectivity index (χ3v) is 4.50. The largest absolute Gasteiger partial charge is 0.389 e. The van der Waals surface area contributed by atoms with Crippen LogP contribution in [0.5, 0.6) is 0 Å². The van der Waals surface area contributed by atoms with Crippen molar-refractivity contribution in [3.63, 3.8) is 0 Å². The molecule has 3 heteroatoms. The molecule has 2 rings (SSSR count). The van der Waals surface area contributed by atoms with Gasteiger partial charge in [-0.1, -0.05) is 13.8 Å². The zero-order valence-corrected chi connectivity index (χ0v) is 11.9.